The van der Waals surface area contributed by atoms with Crippen molar-refractivity contribution in [2.24, 2.45) is 0 Å². The third kappa shape index (κ3) is 4.68. The Hall–Kier alpha value is -1.65. The fraction of sp³-hybridized carbons (Fsp3) is 0.450. The highest BCUT2D eigenvalue weighted by Crippen LogP contribution is 2.16. The summed E-state index contributed by atoms with van der Waals surface area (Å²) in [6.45, 7) is 5.94. The lowest BCUT2D eigenvalue weighted by atomic mass is 10.1. The van der Waals surface area contributed by atoms with Gasteiger partial charge in [-0.05, 0) is 36.8 Å². The molecule has 1 fully saturated rings. The van der Waals surface area contributed by atoms with Crippen LogP contribution in [0.25, 0.3) is 0 Å². The Bertz CT molecular complexity index is 626. The van der Waals surface area contributed by atoms with Crippen LogP contribution in [-0.4, -0.2) is 41.4 Å². The number of piperazine rings is 1. The van der Waals surface area contributed by atoms with Gasteiger partial charge in [-0.1, -0.05) is 36.4 Å². The lowest BCUT2D eigenvalue weighted by molar-refractivity contribution is -0.135. The quantitative estimate of drug-likeness (QED) is 0.797. The molecular formula is C20H26N2OS. The molecule has 0 aliphatic carbocycles. The van der Waals surface area contributed by atoms with Crippen LogP contribution in [0.1, 0.15) is 30.2 Å². The minimum absolute atomic E-state index is 0.303. The summed E-state index contributed by atoms with van der Waals surface area (Å²) >= 11 is 1.78. The molecule has 2 aromatic rings. The van der Waals surface area contributed by atoms with Crippen LogP contribution in [0.15, 0.2) is 47.8 Å². The Labute approximate surface area is 148 Å². The minimum Gasteiger partial charge on any atom is -0.337 e. The topological polar surface area (TPSA) is 23.6 Å². The SMILES string of the molecule is C[C@@H]1CN(Cc2ccccc2)CCN1C(=O)CCCc1cccs1. The molecule has 1 aliphatic heterocycles. The standard InChI is InChI=1S/C20H26N2OS/c1-17-15-21(16-18-7-3-2-4-8-18)12-13-22(17)20(23)11-5-9-19-10-6-14-24-19/h2-4,6-8,10,14,17H,5,9,11-13,15-16H2,1H3/t17-/m1/s1. The first-order valence-electron chi connectivity index (χ1n) is 8.80. The lowest BCUT2D eigenvalue weighted by Crippen LogP contribution is -2.53. The molecule has 128 valence electrons. The van der Waals surface area contributed by atoms with Crippen LogP contribution in [0.5, 0.6) is 0 Å². The maximum Gasteiger partial charge on any atom is 0.222 e. The number of amides is 1. The zero-order valence-electron chi connectivity index (χ0n) is 14.4. The van der Waals surface area contributed by atoms with Gasteiger partial charge in [-0.15, -0.1) is 11.3 Å². The lowest BCUT2D eigenvalue weighted by Gasteiger charge is -2.40. The molecule has 24 heavy (non-hydrogen) atoms. The monoisotopic (exact) mass is 342 g/mol. The van der Waals surface area contributed by atoms with E-state index in [0.717, 1.165) is 39.0 Å². The van der Waals surface area contributed by atoms with Gasteiger partial charge >= 0.3 is 0 Å². The fourth-order valence-corrected chi connectivity index (χ4v) is 4.15. The molecule has 3 nitrogen and oxygen atoms in total. The van der Waals surface area contributed by atoms with Gasteiger partial charge < -0.3 is 4.90 Å². The van der Waals surface area contributed by atoms with Crippen LogP contribution >= 0.6 is 11.3 Å². The van der Waals surface area contributed by atoms with E-state index in [9.17, 15) is 4.79 Å². The van der Waals surface area contributed by atoms with Gasteiger partial charge in [0.25, 0.3) is 0 Å². The zero-order chi connectivity index (χ0) is 16.8. The maximum atomic E-state index is 12.5. The van der Waals surface area contributed by atoms with E-state index in [-0.39, 0.29) is 0 Å². The molecular weight excluding hydrogens is 316 g/mol. The maximum absolute atomic E-state index is 12.5. The highest BCUT2D eigenvalue weighted by atomic mass is 32.1. The van der Waals surface area contributed by atoms with E-state index < -0.39 is 0 Å². The Kier molecular flexibility index (Phi) is 6.05. The number of hydrogen-bond donors (Lipinski definition) is 0. The molecule has 0 bridgehead atoms. The molecule has 1 aliphatic rings. The van der Waals surface area contributed by atoms with Gasteiger partial charge in [-0.2, -0.15) is 0 Å². The zero-order valence-corrected chi connectivity index (χ0v) is 15.2. The van der Waals surface area contributed by atoms with Gasteiger partial charge in [-0.25, -0.2) is 0 Å². The van der Waals surface area contributed by atoms with E-state index in [1.165, 1.54) is 10.4 Å². The summed E-state index contributed by atoms with van der Waals surface area (Å²) in [7, 11) is 0. The molecule has 0 saturated carbocycles. The Morgan fingerprint density at radius 2 is 2.00 bits per heavy atom. The van der Waals surface area contributed by atoms with Crippen LogP contribution in [0.2, 0.25) is 0 Å². The van der Waals surface area contributed by atoms with E-state index in [2.05, 4.69) is 64.6 Å². The van der Waals surface area contributed by atoms with Crippen LogP contribution in [0.3, 0.4) is 0 Å². The largest absolute Gasteiger partial charge is 0.337 e. The van der Waals surface area contributed by atoms with E-state index in [0.29, 0.717) is 18.4 Å². The van der Waals surface area contributed by atoms with E-state index >= 15 is 0 Å². The highest BCUT2D eigenvalue weighted by molar-refractivity contribution is 7.09. The van der Waals surface area contributed by atoms with Crippen molar-refractivity contribution >= 4 is 17.2 Å². The van der Waals surface area contributed by atoms with Gasteiger partial charge in [0, 0.05) is 43.5 Å². The summed E-state index contributed by atoms with van der Waals surface area (Å²) in [5, 5.41) is 2.10. The van der Waals surface area contributed by atoms with Crippen LogP contribution in [0, 0.1) is 0 Å². The van der Waals surface area contributed by atoms with Crippen molar-refractivity contribution in [1.82, 2.24) is 9.80 Å². The molecule has 0 spiro atoms. The molecule has 0 radical (unpaired) electrons. The Morgan fingerprint density at radius 1 is 1.17 bits per heavy atom. The van der Waals surface area contributed by atoms with Crippen molar-refractivity contribution in [3.63, 3.8) is 0 Å². The summed E-state index contributed by atoms with van der Waals surface area (Å²) in [6.07, 6.45) is 2.64. The van der Waals surface area contributed by atoms with Crippen molar-refractivity contribution in [2.75, 3.05) is 19.6 Å². The number of nitrogens with zero attached hydrogens (tertiary/aromatic N) is 2. The molecule has 1 amide bonds. The summed E-state index contributed by atoms with van der Waals surface area (Å²) in [6, 6.07) is 15.1. The van der Waals surface area contributed by atoms with E-state index in [1.807, 2.05) is 0 Å². The molecule has 1 aromatic carbocycles. The first-order chi connectivity index (χ1) is 11.7. The molecule has 1 saturated heterocycles. The summed E-state index contributed by atoms with van der Waals surface area (Å²) in [5.74, 6) is 0.318. The number of hydrogen-bond acceptors (Lipinski definition) is 3. The average molecular weight is 343 g/mol. The number of benzene rings is 1. The van der Waals surface area contributed by atoms with Gasteiger partial charge in [0.05, 0.1) is 0 Å². The van der Waals surface area contributed by atoms with Crippen LogP contribution in [0.4, 0.5) is 0 Å². The number of thiophene rings is 1. The van der Waals surface area contributed by atoms with Crippen molar-refractivity contribution < 1.29 is 4.79 Å². The third-order valence-electron chi connectivity index (χ3n) is 4.67. The van der Waals surface area contributed by atoms with Crippen molar-refractivity contribution in [1.29, 1.82) is 0 Å². The predicted octanol–water partition coefficient (Wildman–Crippen LogP) is 3.80. The van der Waals surface area contributed by atoms with Crippen LogP contribution in [-0.2, 0) is 17.8 Å². The molecule has 1 aromatic heterocycles. The smallest absolute Gasteiger partial charge is 0.222 e. The fourth-order valence-electron chi connectivity index (χ4n) is 3.40. The average Bonchev–Trinajstić information content (AvgIpc) is 3.09. The summed E-state index contributed by atoms with van der Waals surface area (Å²) < 4.78 is 0. The normalized spacial score (nSPS) is 18.7. The first-order valence-corrected chi connectivity index (χ1v) is 9.68. The number of rotatable bonds is 6. The summed E-state index contributed by atoms with van der Waals surface area (Å²) in [5.41, 5.74) is 1.35. The Morgan fingerprint density at radius 3 is 2.71 bits per heavy atom. The molecule has 0 N–H and O–H groups in total. The van der Waals surface area contributed by atoms with Crippen molar-refractivity contribution in [2.45, 2.75) is 38.8 Å². The van der Waals surface area contributed by atoms with Crippen LogP contribution < -0.4 is 0 Å². The van der Waals surface area contributed by atoms with Gasteiger partial charge in [0.2, 0.25) is 5.91 Å². The van der Waals surface area contributed by atoms with Crippen molar-refractivity contribution in [3.05, 3.63) is 58.3 Å². The first kappa shape index (κ1) is 17.2. The van der Waals surface area contributed by atoms with E-state index in [4.69, 9.17) is 0 Å². The van der Waals surface area contributed by atoms with Gasteiger partial charge in [-0.3, -0.25) is 9.69 Å². The Balaban J connectivity index is 1.43. The molecule has 3 rings (SSSR count). The second kappa shape index (κ2) is 8.45. The second-order valence-corrected chi connectivity index (χ2v) is 7.62. The minimum atomic E-state index is 0.303. The number of aryl methyl sites for hydroxylation is 1. The van der Waals surface area contributed by atoms with Gasteiger partial charge in [0.15, 0.2) is 0 Å². The van der Waals surface area contributed by atoms with E-state index in [1.54, 1.807) is 11.3 Å². The molecule has 4 heteroatoms. The summed E-state index contributed by atoms with van der Waals surface area (Å²) in [4.78, 5) is 18.4. The second-order valence-electron chi connectivity index (χ2n) is 6.59. The van der Waals surface area contributed by atoms with Gasteiger partial charge in [0.1, 0.15) is 0 Å². The number of carbonyl (C=O) groups is 1. The molecule has 2 heterocycles. The third-order valence-corrected chi connectivity index (χ3v) is 5.61. The highest BCUT2D eigenvalue weighted by Gasteiger charge is 2.26. The van der Waals surface area contributed by atoms with Crippen molar-refractivity contribution in [3.8, 4) is 0 Å². The molecule has 1 atom stereocenters. The molecule has 0 unspecified atom stereocenters. The number of carbonyl (C=O) groups excluding carboxylic acids is 1. The predicted molar refractivity (Wildman–Crippen MR) is 100 cm³/mol.